The average molecular weight is 441 g/mol. The van der Waals surface area contributed by atoms with Crippen LogP contribution in [0.15, 0.2) is 72.3 Å². The van der Waals surface area contributed by atoms with Crippen LogP contribution in [0.1, 0.15) is 23.6 Å². The highest BCUT2D eigenvalue weighted by Crippen LogP contribution is 2.36. The molecule has 3 nitrogen and oxygen atoms in total. The number of phenolic OH excluding ortho intramolecular Hbond substituents is 1. The first-order valence-corrected chi connectivity index (χ1v) is 8.77. The van der Waals surface area contributed by atoms with E-state index in [4.69, 9.17) is 0 Å². The fraction of sp³-hybridized carbons (Fsp3) is 0.136. The lowest BCUT2D eigenvalue weighted by Gasteiger charge is -2.12. The second-order valence-electron chi connectivity index (χ2n) is 6.48. The summed E-state index contributed by atoms with van der Waals surface area (Å²) < 4.78 is 77.2. The number of nitrogens with one attached hydrogen (secondary N) is 1. The predicted molar refractivity (Wildman–Crippen MR) is 105 cm³/mol. The second kappa shape index (κ2) is 9.55. The Hall–Kier alpha value is -3.49. The van der Waals surface area contributed by atoms with Gasteiger partial charge in [0.15, 0.2) is 0 Å². The third-order valence-electron chi connectivity index (χ3n) is 3.86. The van der Waals surface area contributed by atoms with Gasteiger partial charge in [0, 0.05) is 11.8 Å². The number of carbonyl (C=O) groups excluding carboxylic acids is 1. The zero-order valence-corrected chi connectivity index (χ0v) is 16.1. The molecule has 0 radical (unpaired) electrons. The van der Waals surface area contributed by atoms with Crippen LogP contribution in [0.5, 0.6) is 5.75 Å². The molecule has 0 aromatic heterocycles. The molecule has 0 atom stereocenters. The van der Waals surface area contributed by atoms with E-state index < -0.39 is 29.4 Å². The molecule has 0 saturated heterocycles. The van der Waals surface area contributed by atoms with E-state index in [9.17, 15) is 36.2 Å². The van der Waals surface area contributed by atoms with Crippen LogP contribution in [0, 0.1) is 0 Å². The Bertz CT molecular complexity index is 984. The summed E-state index contributed by atoms with van der Waals surface area (Å²) in [5.74, 6) is -0.410. The van der Waals surface area contributed by atoms with Gasteiger partial charge >= 0.3 is 12.4 Å². The number of rotatable bonds is 5. The minimum Gasteiger partial charge on any atom is -0.508 e. The quantitative estimate of drug-likeness (QED) is 0.238. The first-order valence-electron chi connectivity index (χ1n) is 8.77. The SMILES string of the molecule is CC(C=CC=Cc1cc(C(F)(F)F)cc(C(F)(F)F)c1)=CC(=O)Nc1ccc(O)cc1. The minimum atomic E-state index is -4.91. The van der Waals surface area contributed by atoms with Crippen LogP contribution in [-0.2, 0) is 17.1 Å². The Labute approximate surface area is 174 Å². The maximum absolute atomic E-state index is 12.9. The van der Waals surface area contributed by atoms with Crippen LogP contribution in [-0.4, -0.2) is 11.0 Å². The number of aromatic hydroxyl groups is 1. The Morgan fingerprint density at radius 2 is 1.45 bits per heavy atom. The van der Waals surface area contributed by atoms with Crippen LogP contribution in [0.2, 0.25) is 0 Å². The molecule has 0 unspecified atom stereocenters. The van der Waals surface area contributed by atoms with Gasteiger partial charge < -0.3 is 10.4 Å². The summed E-state index contributed by atoms with van der Waals surface area (Å²) in [7, 11) is 0. The number of carbonyl (C=O) groups is 1. The molecule has 2 aromatic rings. The molecular weight excluding hydrogens is 424 g/mol. The van der Waals surface area contributed by atoms with E-state index in [1.807, 2.05) is 0 Å². The zero-order valence-electron chi connectivity index (χ0n) is 16.1. The first-order chi connectivity index (χ1) is 14.3. The maximum Gasteiger partial charge on any atom is 0.416 e. The number of benzene rings is 2. The first kappa shape index (κ1) is 23.8. The number of phenols is 1. The molecule has 9 heteroatoms. The van der Waals surface area contributed by atoms with E-state index >= 15 is 0 Å². The van der Waals surface area contributed by atoms with E-state index in [1.54, 1.807) is 6.92 Å². The van der Waals surface area contributed by atoms with Crippen LogP contribution in [0.25, 0.3) is 6.08 Å². The summed E-state index contributed by atoms with van der Waals surface area (Å²) in [6.07, 6.45) is -3.36. The molecule has 164 valence electrons. The highest BCUT2D eigenvalue weighted by molar-refractivity contribution is 6.00. The van der Waals surface area contributed by atoms with Gasteiger partial charge in [-0.05, 0) is 60.5 Å². The van der Waals surface area contributed by atoms with Crippen LogP contribution in [0.3, 0.4) is 0 Å². The van der Waals surface area contributed by atoms with Gasteiger partial charge in [0.05, 0.1) is 11.1 Å². The van der Waals surface area contributed by atoms with Crippen molar-refractivity contribution in [3.63, 3.8) is 0 Å². The van der Waals surface area contributed by atoms with Gasteiger partial charge in [-0.15, -0.1) is 0 Å². The molecule has 0 fully saturated rings. The smallest absolute Gasteiger partial charge is 0.416 e. The molecule has 1 amide bonds. The van der Waals surface area contributed by atoms with Crippen molar-refractivity contribution >= 4 is 17.7 Å². The Morgan fingerprint density at radius 1 is 0.903 bits per heavy atom. The molecule has 2 N–H and O–H groups in total. The van der Waals surface area contributed by atoms with Gasteiger partial charge in [-0.2, -0.15) is 26.3 Å². The summed E-state index contributed by atoms with van der Waals surface area (Å²) in [5, 5.41) is 11.8. The molecule has 0 heterocycles. The van der Waals surface area contributed by atoms with Gasteiger partial charge in [0.1, 0.15) is 5.75 Å². The molecule has 0 spiro atoms. The monoisotopic (exact) mass is 441 g/mol. The third kappa shape index (κ3) is 7.69. The number of hydrogen-bond acceptors (Lipinski definition) is 2. The highest BCUT2D eigenvalue weighted by atomic mass is 19.4. The number of alkyl halides is 6. The number of halogens is 6. The van der Waals surface area contributed by atoms with Crippen LogP contribution >= 0.6 is 0 Å². The largest absolute Gasteiger partial charge is 0.508 e. The second-order valence-corrected chi connectivity index (χ2v) is 6.48. The normalized spacial score (nSPS) is 13.2. The maximum atomic E-state index is 12.9. The number of allylic oxidation sites excluding steroid dienone is 4. The van der Waals surface area contributed by atoms with Crippen LogP contribution < -0.4 is 5.32 Å². The Balaban J connectivity index is 2.10. The topological polar surface area (TPSA) is 49.3 Å². The fourth-order valence-electron chi connectivity index (χ4n) is 2.43. The summed E-state index contributed by atoms with van der Waals surface area (Å²) in [5.41, 5.74) is -2.11. The number of amides is 1. The molecule has 0 aliphatic carbocycles. The predicted octanol–water partition coefficient (Wildman–Crippen LogP) is 6.58. The molecule has 0 bridgehead atoms. The van der Waals surface area contributed by atoms with Crippen molar-refractivity contribution in [3.8, 4) is 5.75 Å². The Morgan fingerprint density at radius 3 is 1.97 bits per heavy atom. The van der Waals surface area contributed by atoms with Crippen molar-refractivity contribution in [2.75, 3.05) is 5.32 Å². The Kier molecular flexibility index (Phi) is 7.32. The molecule has 2 aromatic carbocycles. The van der Waals surface area contributed by atoms with Gasteiger partial charge in [-0.3, -0.25) is 4.79 Å². The molecule has 0 aliphatic rings. The van der Waals surface area contributed by atoms with Gasteiger partial charge in [0.25, 0.3) is 0 Å². The van der Waals surface area contributed by atoms with E-state index in [2.05, 4.69) is 5.32 Å². The summed E-state index contributed by atoms with van der Waals surface area (Å²) in [6, 6.07) is 7.09. The van der Waals surface area contributed by atoms with Gasteiger partial charge in [-0.25, -0.2) is 0 Å². The third-order valence-corrected chi connectivity index (χ3v) is 3.86. The molecular formula is C22H17F6NO2. The van der Waals surface area contributed by atoms with E-state index in [0.717, 1.165) is 6.08 Å². The van der Waals surface area contributed by atoms with E-state index in [-0.39, 0.29) is 17.4 Å². The highest BCUT2D eigenvalue weighted by Gasteiger charge is 2.36. The van der Waals surface area contributed by atoms with Gasteiger partial charge in [-0.1, -0.05) is 24.3 Å². The van der Waals surface area contributed by atoms with Crippen molar-refractivity contribution in [1.29, 1.82) is 0 Å². The standard InChI is InChI=1S/C22H17F6NO2/c1-14(10-20(31)29-18-6-8-19(30)9-7-18)4-2-3-5-15-11-16(21(23,24)25)13-17(12-15)22(26,27)28/h2-13,30H,1H3,(H,29,31). The summed E-state index contributed by atoms with van der Waals surface area (Å²) in [6.45, 7) is 1.59. The van der Waals surface area contributed by atoms with Crippen LogP contribution in [0.4, 0.5) is 32.0 Å². The lowest BCUT2D eigenvalue weighted by molar-refractivity contribution is -0.143. The number of hydrogen-bond donors (Lipinski definition) is 2. The molecule has 2 rings (SSSR count). The van der Waals surface area contributed by atoms with E-state index in [1.165, 1.54) is 48.6 Å². The van der Waals surface area contributed by atoms with Crippen molar-refractivity contribution in [3.05, 3.63) is 89.0 Å². The van der Waals surface area contributed by atoms with Crippen molar-refractivity contribution < 1.29 is 36.2 Å². The van der Waals surface area contributed by atoms with E-state index in [0.29, 0.717) is 23.4 Å². The molecule has 31 heavy (non-hydrogen) atoms. The van der Waals surface area contributed by atoms with Crippen molar-refractivity contribution in [2.45, 2.75) is 19.3 Å². The number of anilines is 1. The van der Waals surface area contributed by atoms with Crippen molar-refractivity contribution in [1.82, 2.24) is 0 Å². The fourth-order valence-corrected chi connectivity index (χ4v) is 2.43. The minimum absolute atomic E-state index is 0.0440. The molecule has 0 aliphatic heterocycles. The summed E-state index contributed by atoms with van der Waals surface area (Å²) in [4.78, 5) is 11.9. The molecule has 0 saturated carbocycles. The zero-order chi connectivity index (χ0) is 23.2. The van der Waals surface area contributed by atoms with Gasteiger partial charge in [0.2, 0.25) is 5.91 Å². The van der Waals surface area contributed by atoms with Crippen molar-refractivity contribution in [2.24, 2.45) is 0 Å². The lowest BCUT2D eigenvalue weighted by Crippen LogP contribution is -2.11. The average Bonchev–Trinajstić information content (AvgIpc) is 2.65. The summed E-state index contributed by atoms with van der Waals surface area (Å²) >= 11 is 0. The lowest BCUT2D eigenvalue weighted by atomic mass is 10.0.